The predicted octanol–water partition coefficient (Wildman–Crippen LogP) is 3.28. The van der Waals surface area contributed by atoms with Gasteiger partial charge in [0.15, 0.2) is 0 Å². The molecule has 1 aliphatic heterocycles. The monoisotopic (exact) mass is 476 g/mol. The van der Waals surface area contributed by atoms with Crippen molar-refractivity contribution in [3.8, 4) is 5.75 Å². The van der Waals surface area contributed by atoms with E-state index in [1.165, 1.54) is 11.0 Å². The van der Waals surface area contributed by atoms with Gasteiger partial charge >= 0.3 is 0 Å². The van der Waals surface area contributed by atoms with E-state index in [0.29, 0.717) is 23.5 Å². The minimum atomic E-state index is -1.74. The molecule has 1 fully saturated rings. The molecule has 32 heavy (non-hydrogen) atoms. The van der Waals surface area contributed by atoms with Crippen LogP contribution >= 0.6 is 11.6 Å². The summed E-state index contributed by atoms with van der Waals surface area (Å²) in [7, 11) is -1.74. The molecule has 9 heteroatoms. The number of carbonyl (C=O) groups excluding carboxylic acids is 1. The van der Waals surface area contributed by atoms with Gasteiger partial charge in [0.1, 0.15) is 34.2 Å². The molecule has 170 valence electrons. The number of amidine groups is 1. The zero-order valence-electron chi connectivity index (χ0n) is 17.8. The molecule has 1 saturated heterocycles. The zero-order chi connectivity index (χ0) is 23.3. The summed E-state index contributed by atoms with van der Waals surface area (Å²) in [5, 5.41) is 18.8. The van der Waals surface area contributed by atoms with E-state index in [2.05, 4.69) is 4.99 Å². The van der Waals surface area contributed by atoms with E-state index >= 15 is 0 Å². The molecule has 2 unspecified atom stereocenters. The number of halogens is 1. The van der Waals surface area contributed by atoms with Crippen molar-refractivity contribution in [2.75, 3.05) is 24.7 Å². The van der Waals surface area contributed by atoms with Gasteiger partial charge in [-0.05, 0) is 48.7 Å². The summed E-state index contributed by atoms with van der Waals surface area (Å²) >= 11 is 6.26. The highest BCUT2D eigenvalue weighted by Crippen LogP contribution is 2.32. The highest BCUT2D eigenvalue weighted by molar-refractivity contribution is 8.06. The Bertz CT molecular complexity index is 1090. The van der Waals surface area contributed by atoms with E-state index in [9.17, 15) is 14.1 Å². The van der Waals surface area contributed by atoms with Gasteiger partial charge in [-0.1, -0.05) is 42.8 Å². The van der Waals surface area contributed by atoms with Gasteiger partial charge in [0, 0.05) is 6.54 Å². The smallest absolute Gasteiger partial charge is 0.274 e. The fourth-order valence-electron chi connectivity index (χ4n) is 3.05. The van der Waals surface area contributed by atoms with Crippen LogP contribution in [0.2, 0.25) is 5.02 Å². The summed E-state index contributed by atoms with van der Waals surface area (Å²) in [6.45, 7) is 3.78. The van der Waals surface area contributed by atoms with Crippen LogP contribution < -0.4 is 9.64 Å². The number of amides is 1. The number of aliphatic hydroxyl groups excluding tert-OH is 2. The molecular formula is C23H25ClN2O5S. The van der Waals surface area contributed by atoms with Crippen LogP contribution in [-0.4, -0.2) is 51.4 Å². The van der Waals surface area contributed by atoms with E-state index in [4.69, 9.17) is 21.4 Å². The third kappa shape index (κ3) is 5.27. The van der Waals surface area contributed by atoms with Gasteiger partial charge in [0.25, 0.3) is 5.91 Å². The molecule has 2 atom stereocenters. The van der Waals surface area contributed by atoms with Gasteiger partial charge in [-0.25, -0.2) is 4.21 Å². The van der Waals surface area contributed by atoms with Gasteiger partial charge in [0.2, 0.25) is 5.17 Å². The van der Waals surface area contributed by atoms with Crippen molar-refractivity contribution in [1.29, 1.82) is 0 Å². The number of rotatable bonds is 8. The van der Waals surface area contributed by atoms with Gasteiger partial charge < -0.3 is 14.9 Å². The van der Waals surface area contributed by atoms with Crippen molar-refractivity contribution in [2.24, 2.45) is 4.99 Å². The Kier molecular flexibility index (Phi) is 8.20. The van der Waals surface area contributed by atoms with Gasteiger partial charge in [-0.15, -0.1) is 0 Å². The minimum Gasteiger partial charge on any atom is -0.489 e. The van der Waals surface area contributed by atoms with Gasteiger partial charge in [-0.2, -0.15) is 0 Å². The largest absolute Gasteiger partial charge is 0.489 e. The summed E-state index contributed by atoms with van der Waals surface area (Å²) in [6, 6.07) is 12.2. The van der Waals surface area contributed by atoms with Crippen LogP contribution in [0.3, 0.4) is 0 Å². The summed E-state index contributed by atoms with van der Waals surface area (Å²) in [5.41, 5.74) is 2.09. The molecule has 2 aromatic carbocycles. The SMILES string of the molecule is CCCN=C1N(c2ccccc2C)C(=O)/C(=C\c2ccc(OCC(O)CO)c(Cl)c2)S1=O. The summed E-state index contributed by atoms with van der Waals surface area (Å²) in [4.78, 5) is 19.3. The maximum atomic E-state index is 13.3. The lowest BCUT2D eigenvalue weighted by atomic mass is 10.1. The van der Waals surface area contributed by atoms with Crippen LogP contribution in [0.25, 0.3) is 6.08 Å². The first-order chi connectivity index (χ1) is 15.4. The molecule has 1 heterocycles. The number of anilines is 1. The van der Waals surface area contributed by atoms with Crippen LogP contribution in [0.15, 0.2) is 52.4 Å². The lowest BCUT2D eigenvalue weighted by Gasteiger charge is -2.17. The molecular weight excluding hydrogens is 452 g/mol. The van der Waals surface area contributed by atoms with Crippen LogP contribution in [0.4, 0.5) is 5.69 Å². The van der Waals surface area contributed by atoms with Gasteiger partial charge in [-0.3, -0.25) is 14.7 Å². The predicted molar refractivity (Wildman–Crippen MR) is 127 cm³/mol. The summed E-state index contributed by atoms with van der Waals surface area (Å²) in [6.07, 6.45) is 1.29. The number of carbonyl (C=O) groups is 1. The number of hydrogen-bond donors (Lipinski definition) is 2. The topological polar surface area (TPSA) is 99.4 Å². The van der Waals surface area contributed by atoms with Crippen LogP contribution in [0, 0.1) is 6.92 Å². The van der Waals surface area contributed by atoms with Crippen molar-refractivity contribution < 1.29 is 24.0 Å². The maximum absolute atomic E-state index is 13.3. The average Bonchev–Trinajstić information content (AvgIpc) is 3.01. The van der Waals surface area contributed by atoms with Crippen molar-refractivity contribution in [1.82, 2.24) is 0 Å². The fourth-order valence-corrected chi connectivity index (χ4v) is 4.54. The molecule has 2 N–H and O–H groups in total. The summed E-state index contributed by atoms with van der Waals surface area (Å²) < 4.78 is 18.6. The number of aryl methyl sites for hydroxylation is 1. The number of aliphatic imine (C=N–C) groups is 1. The molecule has 0 aliphatic carbocycles. The minimum absolute atomic E-state index is 0.109. The maximum Gasteiger partial charge on any atom is 0.274 e. The van der Waals surface area contributed by atoms with E-state index in [1.807, 2.05) is 32.0 Å². The van der Waals surface area contributed by atoms with E-state index < -0.39 is 29.4 Å². The molecule has 0 aromatic heterocycles. The Morgan fingerprint density at radius 3 is 2.69 bits per heavy atom. The Labute approximate surface area is 194 Å². The number of ether oxygens (including phenoxy) is 1. The Balaban J connectivity index is 1.95. The second-order valence-electron chi connectivity index (χ2n) is 7.21. The standard InChI is InChI=1S/C23H25ClN2O5S/c1-3-10-25-23-26(19-7-5-4-6-15(19)2)22(29)21(32(23)30)12-16-8-9-20(18(24)11-16)31-14-17(28)13-27/h4-9,11-12,17,27-28H,3,10,13-14H2,1-2H3/b21-12+,25-23?. The molecule has 0 spiro atoms. The number of hydrogen-bond acceptors (Lipinski definition) is 6. The molecule has 7 nitrogen and oxygen atoms in total. The van der Waals surface area contributed by atoms with Crippen LogP contribution in [0.1, 0.15) is 24.5 Å². The molecule has 0 saturated carbocycles. The first-order valence-electron chi connectivity index (χ1n) is 10.2. The van der Waals surface area contributed by atoms with Crippen LogP contribution in [0.5, 0.6) is 5.75 Å². The van der Waals surface area contributed by atoms with E-state index in [-0.39, 0.29) is 21.7 Å². The number of benzene rings is 2. The van der Waals surface area contributed by atoms with Crippen molar-refractivity contribution in [2.45, 2.75) is 26.4 Å². The Hall–Kier alpha value is -2.52. The molecule has 1 aliphatic rings. The highest BCUT2D eigenvalue weighted by Gasteiger charge is 2.40. The first kappa shape index (κ1) is 24.1. The lowest BCUT2D eigenvalue weighted by Crippen LogP contribution is -2.30. The molecule has 1 amide bonds. The lowest BCUT2D eigenvalue weighted by molar-refractivity contribution is -0.113. The van der Waals surface area contributed by atoms with Crippen LogP contribution in [-0.2, 0) is 15.6 Å². The molecule has 2 aromatic rings. The zero-order valence-corrected chi connectivity index (χ0v) is 19.4. The molecule has 3 rings (SSSR count). The van der Waals surface area contributed by atoms with E-state index in [0.717, 1.165) is 12.0 Å². The second-order valence-corrected chi connectivity index (χ2v) is 8.96. The normalized spacial score (nSPS) is 19.7. The average molecular weight is 477 g/mol. The third-order valence-electron chi connectivity index (χ3n) is 4.69. The fraction of sp³-hybridized carbons (Fsp3) is 0.304. The van der Waals surface area contributed by atoms with E-state index in [1.54, 1.807) is 24.3 Å². The summed E-state index contributed by atoms with van der Waals surface area (Å²) in [5.74, 6) is -0.0677. The Morgan fingerprint density at radius 1 is 1.28 bits per heavy atom. The molecule has 0 bridgehead atoms. The van der Waals surface area contributed by atoms with Crippen molar-refractivity contribution in [3.63, 3.8) is 0 Å². The molecule has 0 radical (unpaired) electrons. The van der Waals surface area contributed by atoms with Crippen molar-refractivity contribution >= 4 is 45.2 Å². The second kappa shape index (κ2) is 10.9. The number of aliphatic hydroxyl groups is 2. The third-order valence-corrected chi connectivity index (χ3v) is 6.32. The number of para-hydroxylation sites is 1. The first-order valence-corrected chi connectivity index (χ1v) is 11.7. The van der Waals surface area contributed by atoms with Gasteiger partial charge in [0.05, 0.1) is 17.3 Å². The number of nitrogens with zero attached hydrogens (tertiary/aromatic N) is 2. The van der Waals surface area contributed by atoms with Crippen molar-refractivity contribution in [3.05, 3.63) is 63.5 Å². The quantitative estimate of drug-likeness (QED) is 0.569. The Morgan fingerprint density at radius 2 is 2.03 bits per heavy atom. The highest BCUT2D eigenvalue weighted by atomic mass is 35.5.